The van der Waals surface area contributed by atoms with Crippen molar-refractivity contribution in [2.24, 2.45) is 11.8 Å². The number of carbonyl (C=O) groups excluding carboxylic acids is 2. The maximum atomic E-state index is 12.2. The Morgan fingerprint density at radius 3 is 1.35 bits per heavy atom. The van der Waals surface area contributed by atoms with Crippen LogP contribution in [0.3, 0.4) is 0 Å². The van der Waals surface area contributed by atoms with E-state index >= 15 is 0 Å². The van der Waals surface area contributed by atoms with Gasteiger partial charge in [-0.3, -0.25) is 14.5 Å². The average molecular weight is 326 g/mol. The molecule has 0 aliphatic carbocycles. The van der Waals surface area contributed by atoms with E-state index in [2.05, 4.69) is 6.92 Å². The lowest BCUT2D eigenvalue weighted by molar-refractivity contribution is -0.148. The van der Waals surface area contributed by atoms with E-state index in [0.717, 1.165) is 12.8 Å². The lowest BCUT2D eigenvalue weighted by Gasteiger charge is -2.24. The first-order chi connectivity index (χ1) is 10.9. The van der Waals surface area contributed by atoms with Gasteiger partial charge in [0.1, 0.15) is 0 Å². The van der Waals surface area contributed by atoms with Gasteiger partial charge in [0.05, 0.1) is 0 Å². The highest BCUT2D eigenvalue weighted by atomic mass is 16.2. The molecule has 0 rings (SSSR count). The molecule has 0 bridgehead atoms. The van der Waals surface area contributed by atoms with Gasteiger partial charge in [0, 0.05) is 18.4 Å². The summed E-state index contributed by atoms with van der Waals surface area (Å²) in [6.45, 7) is 10.3. The Bertz CT molecular complexity index is 304. The fourth-order valence-electron chi connectivity index (χ4n) is 2.71. The lowest BCUT2D eigenvalue weighted by Crippen LogP contribution is -2.42. The highest BCUT2D eigenvalue weighted by Crippen LogP contribution is 2.13. The molecule has 0 aromatic heterocycles. The highest BCUT2D eigenvalue weighted by Gasteiger charge is 2.24. The van der Waals surface area contributed by atoms with Crippen molar-refractivity contribution in [3.8, 4) is 0 Å². The third-order valence-electron chi connectivity index (χ3n) is 4.26. The third-order valence-corrected chi connectivity index (χ3v) is 4.26. The summed E-state index contributed by atoms with van der Waals surface area (Å²) in [7, 11) is 0. The second-order valence-corrected chi connectivity index (χ2v) is 7.32. The predicted molar refractivity (Wildman–Crippen MR) is 98.2 cm³/mol. The number of rotatable bonds is 13. The van der Waals surface area contributed by atoms with E-state index in [-0.39, 0.29) is 23.7 Å². The second-order valence-electron chi connectivity index (χ2n) is 7.32. The Morgan fingerprint density at radius 2 is 1.00 bits per heavy atom. The van der Waals surface area contributed by atoms with Crippen LogP contribution in [0, 0.1) is 11.8 Å². The second kappa shape index (κ2) is 13.6. The number of unbranched alkanes of at least 4 members (excludes halogenated alkanes) is 9. The Kier molecular flexibility index (Phi) is 13.1. The summed E-state index contributed by atoms with van der Waals surface area (Å²) in [4.78, 5) is 25.9. The first-order valence-electron chi connectivity index (χ1n) is 9.77. The molecule has 23 heavy (non-hydrogen) atoms. The van der Waals surface area contributed by atoms with Crippen LogP contribution in [0.5, 0.6) is 0 Å². The molecule has 3 nitrogen and oxygen atoms in total. The number of carbonyl (C=O) groups is 2. The summed E-state index contributed by atoms with van der Waals surface area (Å²) in [5.41, 5.74) is 0. The summed E-state index contributed by atoms with van der Waals surface area (Å²) in [5.74, 6) is -0.277. The number of amides is 2. The third kappa shape index (κ3) is 10.5. The minimum atomic E-state index is -0.110. The summed E-state index contributed by atoms with van der Waals surface area (Å²) in [6.07, 6.45) is 12.6. The first kappa shape index (κ1) is 22.1. The Morgan fingerprint density at radius 1 is 0.652 bits per heavy atom. The number of hydrogen-bond donors (Lipinski definition) is 0. The van der Waals surface area contributed by atoms with Gasteiger partial charge in [-0.15, -0.1) is 0 Å². The Hall–Kier alpha value is -0.860. The monoisotopic (exact) mass is 325 g/mol. The van der Waals surface area contributed by atoms with Crippen molar-refractivity contribution in [2.45, 2.75) is 98.8 Å². The van der Waals surface area contributed by atoms with Crippen molar-refractivity contribution in [3.63, 3.8) is 0 Å². The molecule has 0 aliphatic heterocycles. The van der Waals surface area contributed by atoms with E-state index in [0.29, 0.717) is 6.54 Å². The van der Waals surface area contributed by atoms with E-state index in [1.807, 2.05) is 27.7 Å². The van der Waals surface area contributed by atoms with Crippen LogP contribution >= 0.6 is 0 Å². The minimum absolute atomic E-state index is 0.0281. The summed E-state index contributed by atoms with van der Waals surface area (Å²) in [5, 5.41) is 0. The van der Waals surface area contributed by atoms with Crippen LogP contribution < -0.4 is 0 Å². The molecule has 0 unspecified atom stereocenters. The molecule has 0 atom stereocenters. The van der Waals surface area contributed by atoms with E-state index in [9.17, 15) is 9.59 Å². The van der Waals surface area contributed by atoms with Crippen LogP contribution in [-0.4, -0.2) is 23.3 Å². The summed E-state index contributed by atoms with van der Waals surface area (Å²) < 4.78 is 0. The van der Waals surface area contributed by atoms with Gasteiger partial charge in [-0.2, -0.15) is 0 Å². The largest absolute Gasteiger partial charge is 0.282 e. The molecule has 0 fully saturated rings. The predicted octanol–water partition coefficient (Wildman–Crippen LogP) is 5.57. The normalized spacial score (nSPS) is 11.3. The fraction of sp³-hybridized carbons (Fsp3) is 0.900. The smallest absolute Gasteiger partial charge is 0.231 e. The molecule has 2 amide bonds. The highest BCUT2D eigenvalue weighted by molar-refractivity contribution is 5.96. The maximum Gasteiger partial charge on any atom is 0.231 e. The van der Waals surface area contributed by atoms with Crippen LogP contribution in [0.15, 0.2) is 0 Å². The molecule has 0 radical (unpaired) electrons. The van der Waals surface area contributed by atoms with Crippen LogP contribution in [0.4, 0.5) is 0 Å². The molecular weight excluding hydrogens is 286 g/mol. The number of imide groups is 1. The SMILES string of the molecule is CCCCCCCCCCCCN(C(=O)C(C)C)C(=O)C(C)C. The molecule has 0 heterocycles. The molecule has 136 valence electrons. The molecule has 0 aromatic carbocycles. The van der Waals surface area contributed by atoms with E-state index in [4.69, 9.17) is 0 Å². The van der Waals surface area contributed by atoms with Crippen LogP contribution in [0.1, 0.15) is 98.8 Å². The van der Waals surface area contributed by atoms with Gasteiger partial charge in [0.15, 0.2) is 0 Å². The molecule has 0 saturated carbocycles. The van der Waals surface area contributed by atoms with Gasteiger partial charge < -0.3 is 0 Å². The maximum absolute atomic E-state index is 12.2. The molecule has 0 aliphatic rings. The van der Waals surface area contributed by atoms with Gasteiger partial charge in [-0.05, 0) is 6.42 Å². The molecule has 0 saturated heterocycles. The van der Waals surface area contributed by atoms with Crippen molar-refractivity contribution in [3.05, 3.63) is 0 Å². The van der Waals surface area contributed by atoms with Gasteiger partial charge >= 0.3 is 0 Å². The van der Waals surface area contributed by atoms with Crippen molar-refractivity contribution in [1.29, 1.82) is 0 Å². The van der Waals surface area contributed by atoms with Crippen LogP contribution in [0.25, 0.3) is 0 Å². The van der Waals surface area contributed by atoms with Gasteiger partial charge in [-0.1, -0.05) is 92.4 Å². The standard InChI is InChI=1S/C20H39NO2/c1-6-7-8-9-10-11-12-13-14-15-16-21(19(22)17(2)3)20(23)18(4)5/h17-18H,6-16H2,1-5H3. The topological polar surface area (TPSA) is 37.4 Å². The summed E-state index contributed by atoms with van der Waals surface area (Å²) in [6, 6.07) is 0. The summed E-state index contributed by atoms with van der Waals surface area (Å²) >= 11 is 0. The molecule has 0 N–H and O–H groups in total. The Balaban J connectivity index is 3.88. The van der Waals surface area contributed by atoms with E-state index in [1.54, 1.807) is 0 Å². The van der Waals surface area contributed by atoms with Crippen LogP contribution in [-0.2, 0) is 9.59 Å². The molecular formula is C20H39NO2. The average Bonchev–Trinajstić information content (AvgIpc) is 2.51. The quantitative estimate of drug-likeness (QED) is 0.415. The Labute approximate surface area is 144 Å². The fourth-order valence-corrected chi connectivity index (χ4v) is 2.71. The van der Waals surface area contributed by atoms with Crippen LogP contribution in [0.2, 0.25) is 0 Å². The first-order valence-corrected chi connectivity index (χ1v) is 9.77. The van der Waals surface area contributed by atoms with E-state index < -0.39 is 0 Å². The van der Waals surface area contributed by atoms with Gasteiger partial charge in [0.2, 0.25) is 11.8 Å². The van der Waals surface area contributed by atoms with Gasteiger partial charge in [0.25, 0.3) is 0 Å². The van der Waals surface area contributed by atoms with Gasteiger partial charge in [-0.25, -0.2) is 0 Å². The molecule has 0 spiro atoms. The molecule has 3 heteroatoms. The van der Waals surface area contributed by atoms with Crippen molar-refractivity contribution in [1.82, 2.24) is 4.90 Å². The minimum Gasteiger partial charge on any atom is -0.282 e. The number of nitrogens with zero attached hydrogens (tertiary/aromatic N) is 1. The zero-order valence-electron chi connectivity index (χ0n) is 16.2. The van der Waals surface area contributed by atoms with Crippen molar-refractivity contribution in [2.75, 3.05) is 6.54 Å². The zero-order chi connectivity index (χ0) is 17.7. The van der Waals surface area contributed by atoms with Crippen molar-refractivity contribution >= 4 is 11.8 Å². The zero-order valence-corrected chi connectivity index (χ0v) is 16.2. The lowest BCUT2D eigenvalue weighted by atomic mass is 10.1. The number of hydrogen-bond acceptors (Lipinski definition) is 2. The van der Waals surface area contributed by atoms with E-state index in [1.165, 1.54) is 56.3 Å². The van der Waals surface area contributed by atoms with Crippen molar-refractivity contribution < 1.29 is 9.59 Å². The molecule has 0 aromatic rings.